The number of aryl methyl sites for hydroxylation is 1. The van der Waals surface area contributed by atoms with Gasteiger partial charge in [0.05, 0.1) is 11.2 Å². The third-order valence-corrected chi connectivity index (χ3v) is 5.61. The van der Waals surface area contributed by atoms with E-state index in [2.05, 4.69) is 10.0 Å². The lowest BCUT2D eigenvalue weighted by atomic mass is 10.1. The summed E-state index contributed by atoms with van der Waals surface area (Å²) in [6.07, 6.45) is 4.83. The van der Waals surface area contributed by atoms with E-state index in [9.17, 15) is 13.2 Å². The summed E-state index contributed by atoms with van der Waals surface area (Å²) in [6, 6.07) is 9.83. The Bertz CT molecular complexity index is 827. The molecule has 0 saturated heterocycles. The van der Waals surface area contributed by atoms with Crippen LogP contribution in [0.5, 0.6) is 0 Å². The van der Waals surface area contributed by atoms with Crippen LogP contribution in [0, 0.1) is 0 Å². The molecule has 1 heterocycles. The Morgan fingerprint density at radius 1 is 1.28 bits per heavy atom. The van der Waals surface area contributed by atoms with Gasteiger partial charge < -0.3 is 9.73 Å². The van der Waals surface area contributed by atoms with Crippen molar-refractivity contribution in [2.75, 3.05) is 0 Å². The summed E-state index contributed by atoms with van der Waals surface area (Å²) in [4.78, 5) is 12.5. The van der Waals surface area contributed by atoms with Crippen molar-refractivity contribution in [1.82, 2.24) is 10.0 Å². The molecule has 25 heavy (non-hydrogen) atoms. The summed E-state index contributed by atoms with van der Waals surface area (Å²) >= 11 is 0. The first-order chi connectivity index (χ1) is 11.9. The first kappa shape index (κ1) is 17.7. The molecule has 1 atom stereocenters. The van der Waals surface area contributed by atoms with Crippen LogP contribution in [0.25, 0.3) is 0 Å². The Morgan fingerprint density at radius 2 is 2.08 bits per heavy atom. The third-order valence-electron chi connectivity index (χ3n) is 4.09. The molecule has 1 aromatic heterocycles. The predicted molar refractivity (Wildman–Crippen MR) is 93.7 cm³/mol. The maximum Gasteiger partial charge on any atom is 0.251 e. The Hall–Kier alpha value is -2.12. The van der Waals surface area contributed by atoms with Crippen molar-refractivity contribution in [2.45, 2.75) is 49.6 Å². The first-order valence-corrected chi connectivity index (χ1v) is 9.88. The minimum Gasteiger partial charge on any atom is -0.469 e. The molecule has 3 rings (SSSR count). The maximum absolute atomic E-state index is 12.4. The van der Waals surface area contributed by atoms with Gasteiger partial charge in [0.2, 0.25) is 10.0 Å². The first-order valence-electron chi connectivity index (χ1n) is 8.40. The molecule has 0 aliphatic heterocycles. The van der Waals surface area contributed by atoms with Gasteiger partial charge in [-0.25, -0.2) is 13.1 Å². The second-order valence-corrected chi connectivity index (χ2v) is 8.13. The van der Waals surface area contributed by atoms with Crippen molar-refractivity contribution in [3.8, 4) is 0 Å². The zero-order chi connectivity index (χ0) is 17.9. The summed E-state index contributed by atoms with van der Waals surface area (Å²) in [5, 5.41) is 2.89. The molecule has 1 amide bonds. The number of carbonyl (C=O) groups is 1. The number of nitrogens with one attached hydrogen (secondary N) is 2. The van der Waals surface area contributed by atoms with Crippen LogP contribution in [0.4, 0.5) is 0 Å². The fourth-order valence-electron chi connectivity index (χ4n) is 2.49. The van der Waals surface area contributed by atoms with Gasteiger partial charge in [0.15, 0.2) is 0 Å². The zero-order valence-electron chi connectivity index (χ0n) is 14.1. The highest BCUT2D eigenvalue weighted by atomic mass is 32.2. The van der Waals surface area contributed by atoms with Crippen LogP contribution < -0.4 is 10.0 Å². The molecule has 134 valence electrons. The van der Waals surface area contributed by atoms with E-state index in [4.69, 9.17) is 4.42 Å². The quantitative estimate of drug-likeness (QED) is 0.755. The second-order valence-electron chi connectivity index (χ2n) is 6.42. The fourth-order valence-corrected chi connectivity index (χ4v) is 3.84. The molecule has 7 heteroatoms. The van der Waals surface area contributed by atoms with E-state index in [0.29, 0.717) is 5.56 Å². The number of hydrogen-bond acceptors (Lipinski definition) is 4. The van der Waals surface area contributed by atoms with Crippen LogP contribution in [0.1, 0.15) is 42.3 Å². The highest BCUT2D eigenvalue weighted by molar-refractivity contribution is 7.89. The summed E-state index contributed by atoms with van der Waals surface area (Å²) < 4.78 is 32.4. The van der Waals surface area contributed by atoms with E-state index in [1.807, 2.05) is 19.1 Å². The van der Waals surface area contributed by atoms with E-state index < -0.39 is 10.0 Å². The number of furan rings is 1. The number of benzene rings is 1. The molecule has 0 spiro atoms. The molecule has 1 fully saturated rings. The SMILES string of the molecule is C[C@@H](CCc1ccco1)NC(=O)c1cccc(S(=O)(=O)NC2CC2)c1. The van der Waals surface area contributed by atoms with E-state index in [0.717, 1.165) is 31.4 Å². The van der Waals surface area contributed by atoms with Crippen molar-refractivity contribution < 1.29 is 17.6 Å². The van der Waals surface area contributed by atoms with Gasteiger partial charge >= 0.3 is 0 Å². The van der Waals surface area contributed by atoms with Crippen LogP contribution >= 0.6 is 0 Å². The van der Waals surface area contributed by atoms with Crippen LogP contribution in [-0.4, -0.2) is 26.4 Å². The van der Waals surface area contributed by atoms with Gasteiger partial charge in [0.25, 0.3) is 5.91 Å². The van der Waals surface area contributed by atoms with Crippen LogP contribution in [-0.2, 0) is 16.4 Å². The van der Waals surface area contributed by atoms with E-state index >= 15 is 0 Å². The molecular formula is C18H22N2O4S. The lowest BCUT2D eigenvalue weighted by Gasteiger charge is -2.14. The molecule has 2 aromatic rings. The number of amides is 1. The Balaban J connectivity index is 1.60. The van der Waals surface area contributed by atoms with E-state index in [1.54, 1.807) is 18.4 Å². The van der Waals surface area contributed by atoms with Gasteiger partial charge in [0, 0.05) is 24.1 Å². The predicted octanol–water partition coefficient (Wildman–Crippen LogP) is 2.47. The summed E-state index contributed by atoms with van der Waals surface area (Å²) in [7, 11) is -3.56. The van der Waals surface area contributed by atoms with Gasteiger partial charge in [-0.3, -0.25) is 4.79 Å². The third kappa shape index (κ3) is 4.93. The molecule has 1 aliphatic carbocycles. The largest absolute Gasteiger partial charge is 0.469 e. The molecule has 2 N–H and O–H groups in total. The second kappa shape index (κ2) is 7.41. The van der Waals surface area contributed by atoms with Gasteiger partial charge in [-0.2, -0.15) is 0 Å². The average Bonchev–Trinajstić information content (AvgIpc) is 3.23. The van der Waals surface area contributed by atoms with Gasteiger partial charge in [-0.15, -0.1) is 0 Å². The minimum atomic E-state index is -3.56. The Labute approximate surface area is 147 Å². The average molecular weight is 362 g/mol. The molecule has 1 aliphatic rings. The summed E-state index contributed by atoms with van der Waals surface area (Å²) in [5.41, 5.74) is 0.337. The number of rotatable bonds is 8. The minimum absolute atomic E-state index is 0.0316. The van der Waals surface area contributed by atoms with Gasteiger partial charge in [0.1, 0.15) is 5.76 Å². The monoisotopic (exact) mass is 362 g/mol. The fraction of sp³-hybridized carbons (Fsp3) is 0.389. The molecule has 0 radical (unpaired) electrons. The molecule has 1 saturated carbocycles. The molecule has 1 aromatic carbocycles. The number of hydrogen-bond donors (Lipinski definition) is 2. The Morgan fingerprint density at radius 3 is 2.76 bits per heavy atom. The molecular weight excluding hydrogens is 340 g/mol. The van der Waals surface area contributed by atoms with E-state index in [-0.39, 0.29) is 22.9 Å². The number of carbonyl (C=O) groups excluding carboxylic acids is 1. The summed E-state index contributed by atoms with van der Waals surface area (Å²) in [5.74, 6) is 0.593. The topological polar surface area (TPSA) is 88.4 Å². The van der Waals surface area contributed by atoms with E-state index in [1.165, 1.54) is 12.1 Å². The summed E-state index contributed by atoms with van der Waals surface area (Å²) in [6.45, 7) is 1.91. The van der Waals surface area contributed by atoms with Crippen molar-refractivity contribution in [2.24, 2.45) is 0 Å². The Kier molecular flexibility index (Phi) is 5.24. The normalized spacial score (nSPS) is 15.7. The van der Waals surface area contributed by atoms with Crippen molar-refractivity contribution in [3.05, 3.63) is 54.0 Å². The van der Waals surface area contributed by atoms with Crippen LogP contribution in [0.2, 0.25) is 0 Å². The van der Waals surface area contributed by atoms with Gasteiger partial charge in [-0.05, 0) is 56.5 Å². The molecule has 0 bridgehead atoms. The maximum atomic E-state index is 12.4. The van der Waals surface area contributed by atoms with Crippen LogP contribution in [0.3, 0.4) is 0 Å². The number of sulfonamides is 1. The highest BCUT2D eigenvalue weighted by Gasteiger charge is 2.28. The van der Waals surface area contributed by atoms with Crippen molar-refractivity contribution >= 4 is 15.9 Å². The molecule has 6 nitrogen and oxygen atoms in total. The zero-order valence-corrected chi connectivity index (χ0v) is 14.9. The molecule has 0 unspecified atom stereocenters. The highest BCUT2D eigenvalue weighted by Crippen LogP contribution is 2.22. The lowest BCUT2D eigenvalue weighted by molar-refractivity contribution is 0.0938. The lowest BCUT2D eigenvalue weighted by Crippen LogP contribution is -2.33. The van der Waals surface area contributed by atoms with Crippen molar-refractivity contribution in [1.29, 1.82) is 0 Å². The standard InChI is InChI=1S/C18H22N2O4S/c1-13(7-10-16-5-3-11-24-16)19-18(21)14-4-2-6-17(12-14)25(22,23)20-15-8-9-15/h2-6,11-13,15,20H,7-10H2,1H3,(H,19,21)/t13-/m0/s1. The van der Waals surface area contributed by atoms with Crippen LogP contribution in [0.15, 0.2) is 52.0 Å². The van der Waals surface area contributed by atoms with Crippen molar-refractivity contribution in [3.63, 3.8) is 0 Å². The van der Waals surface area contributed by atoms with Gasteiger partial charge in [-0.1, -0.05) is 6.07 Å². The smallest absolute Gasteiger partial charge is 0.251 e.